The quantitative estimate of drug-likeness (QED) is 0.887. The Bertz CT molecular complexity index is 435. The number of nitrogens with one attached hydrogen (secondary N) is 1. The first-order chi connectivity index (χ1) is 8.76. The lowest BCUT2D eigenvalue weighted by Gasteiger charge is -2.40. The molecule has 2 bridgehead atoms. The number of rotatable bonds is 2. The minimum Gasteiger partial charge on any atom is -0.363 e. The number of hydrogen-bond donors (Lipinski definition) is 1. The molecule has 2 unspecified atom stereocenters. The number of carbonyl (C=O) groups is 1. The predicted molar refractivity (Wildman–Crippen MR) is 70.8 cm³/mol. The van der Waals surface area contributed by atoms with Crippen LogP contribution in [0.1, 0.15) is 35.5 Å². The third-order valence-corrected chi connectivity index (χ3v) is 4.89. The molecule has 1 aliphatic heterocycles. The molecule has 1 aromatic rings. The number of hydrogen-bond acceptors (Lipinski definition) is 5. The van der Waals surface area contributed by atoms with E-state index in [0.29, 0.717) is 22.0 Å². The van der Waals surface area contributed by atoms with Crippen molar-refractivity contribution in [3.63, 3.8) is 0 Å². The Morgan fingerprint density at radius 2 is 2.06 bits per heavy atom. The van der Waals surface area contributed by atoms with E-state index in [9.17, 15) is 4.79 Å². The van der Waals surface area contributed by atoms with Gasteiger partial charge >= 0.3 is 0 Å². The van der Waals surface area contributed by atoms with Gasteiger partial charge in [-0.3, -0.25) is 4.79 Å². The lowest BCUT2D eigenvalue weighted by molar-refractivity contribution is 0.0503. The average Bonchev–Trinajstić information content (AvgIpc) is 2.86. The average molecular weight is 266 g/mol. The van der Waals surface area contributed by atoms with Crippen molar-refractivity contribution in [3.05, 3.63) is 5.01 Å². The zero-order valence-corrected chi connectivity index (χ0v) is 11.4. The lowest BCUT2D eigenvalue weighted by atomic mass is 9.78. The summed E-state index contributed by atoms with van der Waals surface area (Å²) in [4.78, 5) is 14.4. The van der Waals surface area contributed by atoms with Crippen molar-refractivity contribution in [3.8, 4) is 0 Å². The molecular weight excluding hydrogens is 248 g/mol. The molecule has 0 spiro atoms. The molecular formula is C12H18N4OS. The molecule has 2 atom stereocenters. The second-order valence-corrected chi connectivity index (χ2v) is 6.25. The standard InChI is InChI=1S/C12H18N4OS/c1-13-12-15-14-10(18-12)11(17)16-6-8-3-2-4-9(5-8)7-16/h8-9H,2-7H2,1H3,(H,13,15). The fourth-order valence-corrected chi connectivity index (χ4v) is 3.81. The van der Waals surface area contributed by atoms with Crippen LogP contribution in [0.15, 0.2) is 0 Å². The number of aromatic nitrogens is 2. The highest BCUT2D eigenvalue weighted by Crippen LogP contribution is 2.35. The van der Waals surface area contributed by atoms with E-state index in [0.717, 1.165) is 13.1 Å². The molecule has 1 aromatic heterocycles. The van der Waals surface area contributed by atoms with E-state index in [2.05, 4.69) is 15.5 Å². The zero-order valence-electron chi connectivity index (χ0n) is 10.6. The fourth-order valence-electron chi connectivity index (χ4n) is 3.14. The molecule has 2 fully saturated rings. The number of anilines is 1. The highest BCUT2D eigenvalue weighted by Gasteiger charge is 2.33. The number of carbonyl (C=O) groups excluding carboxylic acids is 1. The van der Waals surface area contributed by atoms with Crippen molar-refractivity contribution < 1.29 is 4.79 Å². The molecule has 98 valence electrons. The van der Waals surface area contributed by atoms with Crippen molar-refractivity contribution in [2.24, 2.45) is 11.8 Å². The first kappa shape index (κ1) is 11.9. The molecule has 5 nitrogen and oxygen atoms in total. The van der Waals surface area contributed by atoms with Crippen LogP contribution in [0, 0.1) is 11.8 Å². The highest BCUT2D eigenvalue weighted by atomic mass is 32.1. The van der Waals surface area contributed by atoms with Crippen LogP contribution < -0.4 is 5.32 Å². The van der Waals surface area contributed by atoms with E-state index in [1.54, 1.807) is 7.05 Å². The van der Waals surface area contributed by atoms with Crippen molar-refractivity contribution >= 4 is 22.4 Å². The number of piperidine rings is 1. The Morgan fingerprint density at radius 1 is 1.33 bits per heavy atom. The Kier molecular flexibility index (Phi) is 3.20. The third kappa shape index (κ3) is 2.21. The minimum atomic E-state index is 0.0607. The predicted octanol–water partition coefficient (Wildman–Crippen LogP) is 1.84. The molecule has 1 amide bonds. The Hall–Kier alpha value is -1.17. The van der Waals surface area contributed by atoms with E-state index < -0.39 is 0 Å². The van der Waals surface area contributed by atoms with Crippen LogP contribution in [0.3, 0.4) is 0 Å². The van der Waals surface area contributed by atoms with Crippen LogP contribution in [0.25, 0.3) is 0 Å². The third-order valence-electron chi connectivity index (χ3n) is 3.96. The molecule has 0 aromatic carbocycles. The summed E-state index contributed by atoms with van der Waals surface area (Å²) < 4.78 is 0. The van der Waals surface area contributed by atoms with E-state index in [1.165, 1.54) is 37.0 Å². The maximum absolute atomic E-state index is 12.4. The second-order valence-electron chi connectivity index (χ2n) is 5.27. The molecule has 3 rings (SSSR count). The summed E-state index contributed by atoms with van der Waals surface area (Å²) in [6.07, 6.45) is 5.19. The van der Waals surface area contributed by atoms with Crippen LogP contribution in [-0.4, -0.2) is 41.1 Å². The summed E-state index contributed by atoms with van der Waals surface area (Å²) in [6.45, 7) is 1.81. The minimum absolute atomic E-state index is 0.0607. The van der Waals surface area contributed by atoms with Crippen LogP contribution in [0.5, 0.6) is 0 Å². The first-order valence-corrected chi connectivity index (χ1v) is 7.38. The molecule has 2 aliphatic rings. The molecule has 0 radical (unpaired) electrons. The van der Waals surface area contributed by atoms with Gasteiger partial charge in [-0.15, -0.1) is 10.2 Å². The molecule has 6 heteroatoms. The largest absolute Gasteiger partial charge is 0.363 e. The molecule has 1 aliphatic carbocycles. The molecule has 1 saturated carbocycles. The van der Waals surface area contributed by atoms with Crippen molar-refractivity contribution in [1.29, 1.82) is 0 Å². The molecule has 18 heavy (non-hydrogen) atoms. The summed E-state index contributed by atoms with van der Waals surface area (Å²) in [5.41, 5.74) is 0. The maximum atomic E-state index is 12.4. The van der Waals surface area contributed by atoms with Gasteiger partial charge in [0.2, 0.25) is 10.1 Å². The van der Waals surface area contributed by atoms with Crippen LogP contribution in [0.2, 0.25) is 0 Å². The normalized spacial score (nSPS) is 27.1. The smallest absolute Gasteiger partial charge is 0.284 e. The monoisotopic (exact) mass is 266 g/mol. The topological polar surface area (TPSA) is 58.1 Å². The second kappa shape index (κ2) is 4.84. The van der Waals surface area contributed by atoms with Crippen LogP contribution in [-0.2, 0) is 0 Å². The molecule has 1 N–H and O–H groups in total. The van der Waals surface area contributed by atoms with Crippen LogP contribution >= 0.6 is 11.3 Å². The number of fused-ring (bicyclic) bond motifs is 2. The summed E-state index contributed by atoms with van der Waals surface area (Å²) in [5.74, 6) is 1.47. The van der Waals surface area contributed by atoms with Crippen molar-refractivity contribution in [2.75, 3.05) is 25.5 Å². The summed E-state index contributed by atoms with van der Waals surface area (Å²) in [6, 6.07) is 0. The van der Waals surface area contributed by atoms with Gasteiger partial charge in [-0.2, -0.15) is 0 Å². The lowest BCUT2D eigenvalue weighted by Crippen LogP contribution is -2.45. The Balaban J connectivity index is 1.72. The fraction of sp³-hybridized carbons (Fsp3) is 0.750. The van der Waals surface area contributed by atoms with E-state index in [-0.39, 0.29) is 5.91 Å². The Labute approximate surface area is 111 Å². The van der Waals surface area contributed by atoms with Crippen LogP contribution in [0.4, 0.5) is 5.13 Å². The zero-order chi connectivity index (χ0) is 12.5. The van der Waals surface area contributed by atoms with Crippen molar-refractivity contribution in [2.45, 2.75) is 25.7 Å². The number of nitrogens with zero attached hydrogens (tertiary/aromatic N) is 3. The number of likely N-dealkylation sites (tertiary alicyclic amines) is 1. The first-order valence-electron chi connectivity index (χ1n) is 6.57. The van der Waals surface area contributed by atoms with E-state index in [4.69, 9.17) is 0 Å². The van der Waals surface area contributed by atoms with Gasteiger partial charge in [-0.25, -0.2) is 0 Å². The summed E-state index contributed by atoms with van der Waals surface area (Å²) >= 11 is 1.34. The van der Waals surface area contributed by atoms with Gasteiger partial charge in [0.1, 0.15) is 0 Å². The SMILES string of the molecule is CNc1nnc(C(=O)N2CC3CCCC(C3)C2)s1. The summed E-state index contributed by atoms with van der Waals surface area (Å²) in [5, 5.41) is 12.0. The van der Waals surface area contributed by atoms with Gasteiger partial charge in [-0.1, -0.05) is 17.8 Å². The van der Waals surface area contributed by atoms with Crippen molar-refractivity contribution in [1.82, 2.24) is 15.1 Å². The van der Waals surface area contributed by atoms with E-state index >= 15 is 0 Å². The van der Waals surface area contributed by atoms with Gasteiger partial charge < -0.3 is 10.2 Å². The van der Waals surface area contributed by atoms with Gasteiger partial charge in [0.15, 0.2) is 0 Å². The summed E-state index contributed by atoms with van der Waals surface area (Å²) in [7, 11) is 1.79. The molecule has 2 heterocycles. The van der Waals surface area contributed by atoms with Gasteiger partial charge in [-0.05, 0) is 31.1 Å². The maximum Gasteiger partial charge on any atom is 0.284 e. The van der Waals surface area contributed by atoms with Gasteiger partial charge in [0, 0.05) is 20.1 Å². The highest BCUT2D eigenvalue weighted by molar-refractivity contribution is 7.17. The van der Waals surface area contributed by atoms with Gasteiger partial charge in [0.05, 0.1) is 0 Å². The molecule has 1 saturated heterocycles. The number of amides is 1. The Morgan fingerprint density at radius 3 is 2.67 bits per heavy atom. The van der Waals surface area contributed by atoms with E-state index in [1.807, 2.05) is 4.90 Å². The van der Waals surface area contributed by atoms with Gasteiger partial charge in [0.25, 0.3) is 5.91 Å².